The molecule has 5 rings (SSSR count). The maximum absolute atomic E-state index is 13.0. The van der Waals surface area contributed by atoms with Gasteiger partial charge in [0.25, 0.3) is 11.8 Å². The molecule has 0 radical (unpaired) electrons. The minimum atomic E-state index is -0.371. The molecular formula is C24H22N4O2. The third-order valence-electron chi connectivity index (χ3n) is 5.71. The number of nitrogens with zero attached hydrogens (tertiary/aromatic N) is 1. The highest BCUT2D eigenvalue weighted by Crippen LogP contribution is 2.38. The largest absolute Gasteiger partial charge is 0.361 e. The molecule has 3 heterocycles. The number of hydrogen-bond acceptors (Lipinski definition) is 3. The Morgan fingerprint density at radius 2 is 1.57 bits per heavy atom. The quantitative estimate of drug-likeness (QED) is 0.461. The Morgan fingerprint density at radius 1 is 0.900 bits per heavy atom. The molecule has 0 spiro atoms. The van der Waals surface area contributed by atoms with Crippen molar-refractivity contribution in [3.63, 3.8) is 0 Å². The van der Waals surface area contributed by atoms with Gasteiger partial charge in [0.2, 0.25) is 0 Å². The first kappa shape index (κ1) is 18.4. The van der Waals surface area contributed by atoms with Crippen molar-refractivity contribution in [2.24, 2.45) is 5.73 Å². The van der Waals surface area contributed by atoms with Gasteiger partial charge in [0.15, 0.2) is 0 Å². The number of rotatable bonds is 4. The maximum atomic E-state index is 13.0. The van der Waals surface area contributed by atoms with Crippen molar-refractivity contribution in [2.45, 2.75) is 20.4 Å². The summed E-state index contributed by atoms with van der Waals surface area (Å²) in [4.78, 5) is 29.1. The molecule has 6 nitrogen and oxygen atoms in total. The first-order chi connectivity index (χ1) is 14.5. The van der Waals surface area contributed by atoms with E-state index in [1.165, 1.54) is 0 Å². The molecule has 0 fully saturated rings. The van der Waals surface area contributed by atoms with Crippen LogP contribution in [0.2, 0.25) is 0 Å². The summed E-state index contributed by atoms with van der Waals surface area (Å²) in [6, 6.07) is 12.2. The van der Waals surface area contributed by atoms with E-state index in [-0.39, 0.29) is 11.8 Å². The number of imide groups is 1. The van der Waals surface area contributed by atoms with E-state index in [0.717, 1.165) is 44.1 Å². The van der Waals surface area contributed by atoms with Crippen molar-refractivity contribution in [1.82, 2.24) is 14.9 Å². The van der Waals surface area contributed by atoms with E-state index < -0.39 is 0 Å². The van der Waals surface area contributed by atoms with Crippen molar-refractivity contribution in [1.29, 1.82) is 0 Å². The highest BCUT2D eigenvalue weighted by atomic mass is 16.2. The second-order valence-corrected chi connectivity index (χ2v) is 7.83. The van der Waals surface area contributed by atoms with Crippen molar-refractivity contribution in [2.75, 3.05) is 6.54 Å². The lowest BCUT2D eigenvalue weighted by Crippen LogP contribution is -2.22. The molecule has 1 aliphatic rings. The van der Waals surface area contributed by atoms with Gasteiger partial charge < -0.3 is 15.3 Å². The Kier molecular flexibility index (Phi) is 4.11. The maximum Gasteiger partial charge on any atom is 0.259 e. The van der Waals surface area contributed by atoms with Crippen LogP contribution in [0.15, 0.2) is 48.8 Å². The van der Waals surface area contributed by atoms with Gasteiger partial charge in [0.05, 0.1) is 11.1 Å². The molecule has 0 saturated heterocycles. The van der Waals surface area contributed by atoms with Crippen molar-refractivity contribution in [3.8, 4) is 0 Å². The Balaban J connectivity index is 1.84. The summed E-state index contributed by atoms with van der Waals surface area (Å²) in [7, 11) is 0. The zero-order valence-electron chi connectivity index (χ0n) is 16.9. The van der Waals surface area contributed by atoms with E-state index in [1.807, 2.05) is 61.1 Å². The summed E-state index contributed by atoms with van der Waals surface area (Å²) >= 11 is 0. The molecule has 0 bridgehead atoms. The number of H-pyrrole nitrogens is 1. The summed E-state index contributed by atoms with van der Waals surface area (Å²) in [6.45, 7) is 5.13. The number of nitrogens with one attached hydrogen (secondary N) is 2. The Morgan fingerprint density at radius 3 is 2.30 bits per heavy atom. The van der Waals surface area contributed by atoms with Gasteiger partial charge in [-0.25, -0.2) is 0 Å². The van der Waals surface area contributed by atoms with Gasteiger partial charge in [-0.05, 0) is 38.1 Å². The molecule has 2 amide bonds. The summed E-state index contributed by atoms with van der Waals surface area (Å²) in [5.41, 5.74) is 12.2. The van der Waals surface area contributed by atoms with Gasteiger partial charge in [-0.15, -0.1) is 0 Å². The summed E-state index contributed by atoms with van der Waals surface area (Å²) in [5, 5.41) is 4.37. The fraction of sp³-hybridized carbons (Fsp3) is 0.167. The van der Waals surface area contributed by atoms with Crippen LogP contribution in [-0.4, -0.2) is 27.9 Å². The third kappa shape index (κ3) is 2.69. The number of fused-ring (bicyclic) bond motifs is 2. The minimum absolute atomic E-state index is 0.370. The highest BCUT2D eigenvalue weighted by molar-refractivity contribution is 6.50. The SMILES string of the molecule is Cc1ccc2[nH]cc(C3=C(c4cn(CCN)c5ccc(C)cc45)C(=O)NC3=O)c2c1. The predicted molar refractivity (Wildman–Crippen MR) is 119 cm³/mol. The Labute approximate surface area is 173 Å². The molecule has 0 unspecified atom stereocenters. The molecule has 2 aromatic carbocycles. The van der Waals surface area contributed by atoms with E-state index >= 15 is 0 Å². The van der Waals surface area contributed by atoms with E-state index in [1.54, 1.807) is 0 Å². The van der Waals surface area contributed by atoms with Gasteiger partial charge in [-0.1, -0.05) is 23.3 Å². The molecule has 4 aromatic rings. The Hall–Kier alpha value is -3.64. The minimum Gasteiger partial charge on any atom is -0.361 e. The van der Waals surface area contributed by atoms with Crippen LogP contribution in [0.5, 0.6) is 0 Å². The molecule has 0 saturated carbocycles. The summed E-state index contributed by atoms with van der Waals surface area (Å²) < 4.78 is 2.05. The lowest BCUT2D eigenvalue weighted by molar-refractivity contribution is -0.122. The van der Waals surface area contributed by atoms with Crippen LogP contribution in [0.1, 0.15) is 22.3 Å². The van der Waals surface area contributed by atoms with Crippen LogP contribution < -0.4 is 11.1 Å². The summed E-state index contributed by atoms with van der Waals surface area (Å²) in [6.07, 6.45) is 3.74. The number of nitrogens with two attached hydrogens (primary N) is 1. The molecular weight excluding hydrogens is 376 g/mol. The topological polar surface area (TPSA) is 92.9 Å². The van der Waals surface area contributed by atoms with E-state index in [0.29, 0.717) is 24.2 Å². The first-order valence-corrected chi connectivity index (χ1v) is 9.96. The molecule has 1 aliphatic heterocycles. The molecule has 6 heteroatoms. The summed E-state index contributed by atoms with van der Waals surface area (Å²) in [5.74, 6) is -0.741. The second kappa shape index (κ2) is 6.71. The van der Waals surface area contributed by atoms with Crippen LogP contribution in [0.25, 0.3) is 33.0 Å². The van der Waals surface area contributed by atoms with Gasteiger partial charge in [0.1, 0.15) is 0 Å². The number of aromatic nitrogens is 2. The molecule has 0 atom stereocenters. The highest BCUT2D eigenvalue weighted by Gasteiger charge is 2.35. The van der Waals surface area contributed by atoms with E-state index in [9.17, 15) is 9.59 Å². The predicted octanol–water partition coefficient (Wildman–Crippen LogP) is 3.27. The number of carbonyl (C=O) groups is 2. The van der Waals surface area contributed by atoms with Crippen LogP contribution >= 0.6 is 0 Å². The van der Waals surface area contributed by atoms with Gasteiger partial charge >= 0.3 is 0 Å². The normalized spacial score (nSPS) is 14.4. The number of amides is 2. The van der Waals surface area contributed by atoms with Crippen LogP contribution in [0.3, 0.4) is 0 Å². The molecule has 0 aliphatic carbocycles. The molecule has 2 aromatic heterocycles. The number of aromatic amines is 1. The standard InChI is InChI=1S/C24H22N4O2/c1-13-3-5-19-15(9-13)17(11-26-19)21-22(24(30)27-23(21)29)18-12-28(8-7-25)20-6-4-14(2)10-16(18)20/h3-6,9-12,26H,7-8,25H2,1-2H3,(H,27,29,30). The van der Waals surface area contributed by atoms with E-state index in [4.69, 9.17) is 5.73 Å². The molecule has 4 N–H and O–H groups in total. The van der Waals surface area contributed by atoms with Crippen LogP contribution in [-0.2, 0) is 16.1 Å². The average Bonchev–Trinajstić information content (AvgIpc) is 3.35. The monoisotopic (exact) mass is 398 g/mol. The second-order valence-electron chi connectivity index (χ2n) is 7.83. The van der Waals surface area contributed by atoms with Crippen molar-refractivity contribution >= 4 is 44.8 Å². The van der Waals surface area contributed by atoms with Crippen molar-refractivity contribution < 1.29 is 9.59 Å². The number of hydrogen-bond donors (Lipinski definition) is 3. The Bertz CT molecular complexity index is 1390. The fourth-order valence-electron chi connectivity index (χ4n) is 4.34. The van der Waals surface area contributed by atoms with Gasteiger partial charge in [0, 0.05) is 58.4 Å². The lowest BCUT2D eigenvalue weighted by atomic mass is 9.95. The zero-order valence-corrected chi connectivity index (χ0v) is 16.9. The number of aryl methyl sites for hydroxylation is 2. The van der Waals surface area contributed by atoms with Crippen molar-refractivity contribution in [3.05, 3.63) is 71.0 Å². The molecule has 30 heavy (non-hydrogen) atoms. The van der Waals surface area contributed by atoms with Gasteiger partial charge in [-0.2, -0.15) is 0 Å². The number of benzene rings is 2. The number of carbonyl (C=O) groups excluding carboxylic acids is 2. The lowest BCUT2D eigenvalue weighted by Gasteiger charge is -2.04. The average molecular weight is 398 g/mol. The van der Waals surface area contributed by atoms with E-state index in [2.05, 4.69) is 16.4 Å². The zero-order chi connectivity index (χ0) is 21.0. The fourth-order valence-corrected chi connectivity index (χ4v) is 4.34. The first-order valence-electron chi connectivity index (χ1n) is 9.96. The van der Waals surface area contributed by atoms with Crippen LogP contribution in [0.4, 0.5) is 0 Å². The third-order valence-corrected chi connectivity index (χ3v) is 5.71. The van der Waals surface area contributed by atoms with Gasteiger partial charge in [-0.3, -0.25) is 14.9 Å². The smallest absolute Gasteiger partial charge is 0.259 e. The molecule has 150 valence electrons. The van der Waals surface area contributed by atoms with Crippen LogP contribution in [0, 0.1) is 13.8 Å².